The van der Waals surface area contributed by atoms with E-state index in [0.29, 0.717) is 0 Å². The van der Waals surface area contributed by atoms with E-state index in [9.17, 15) is 4.79 Å². The molecular weight excluding hydrogens is 314 g/mol. The molecule has 134 valence electrons. The molecule has 0 saturated carbocycles. The first kappa shape index (κ1) is 17.5. The molecule has 1 aliphatic rings. The summed E-state index contributed by atoms with van der Waals surface area (Å²) in [6.45, 7) is 10.4. The fourth-order valence-electron chi connectivity index (χ4n) is 3.17. The van der Waals surface area contributed by atoms with Crippen molar-refractivity contribution >= 4 is 11.7 Å². The monoisotopic (exact) mass is 341 g/mol. The maximum absolute atomic E-state index is 12.6. The number of carbonyl (C=O) groups excluding carboxylic acids is 1. The number of amides is 2. The summed E-state index contributed by atoms with van der Waals surface area (Å²) >= 11 is 0. The van der Waals surface area contributed by atoms with Gasteiger partial charge in [0.05, 0.1) is 12.8 Å². The fraction of sp³-hybridized carbons (Fsp3) is 0.450. The summed E-state index contributed by atoms with van der Waals surface area (Å²) in [4.78, 5) is 16.8. The molecule has 1 fully saturated rings. The second-order valence-electron chi connectivity index (χ2n) is 7.57. The van der Waals surface area contributed by atoms with E-state index in [1.165, 1.54) is 0 Å². The third kappa shape index (κ3) is 4.42. The largest absolute Gasteiger partial charge is 0.468 e. The Morgan fingerprint density at radius 1 is 1.08 bits per heavy atom. The Hall–Kier alpha value is -2.27. The van der Waals surface area contributed by atoms with Crippen molar-refractivity contribution in [2.75, 3.05) is 31.5 Å². The number of furan rings is 1. The van der Waals surface area contributed by atoms with Gasteiger partial charge in [-0.1, -0.05) is 39.0 Å². The number of nitrogens with one attached hydrogen (secondary N) is 1. The van der Waals surface area contributed by atoms with Crippen molar-refractivity contribution in [3.05, 3.63) is 54.0 Å². The van der Waals surface area contributed by atoms with Crippen molar-refractivity contribution in [2.24, 2.45) is 0 Å². The van der Waals surface area contributed by atoms with Gasteiger partial charge in [0.2, 0.25) is 0 Å². The third-order valence-corrected chi connectivity index (χ3v) is 4.60. The van der Waals surface area contributed by atoms with Gasteiger partial charge in [-0.05, 0) is 29.2 Å². The molecular formula is C20H27N3O2. The summed E-state index contributed by atoms with van der Waals surface area (Å²) < 4.78 is 5.40. The summed E-state index contributed by atoms with van der Waals surface area (Å²) in [6.07, 6.45) is 1.70. The van der Waals surface area contributed by atoms with Gasteiger partial charge in [-0.3, -0.25) is 4.90 Å². The highest BCUT2D eigenvalue weighted by Gasteiger charge is 2.24. The molecule has 1 aromatic carbocycles. The van der Waals surface area contributed by atoms with Gasteiger partial charge < -0.3 is 14.6 Å². The van der Waals surface area contributed by atoms with Crippen LogP contribution in [-0.2, 0) is 12.0 Å². The Morgan fingerprint density at radius 3 is 2.44 bits per heavy atom. The number of benzene rings is 1. The summed E-state index contributed by atoms with van der Waals surface area (Å²) in [5, 5.41) is 3.10. The van der Waals surface area contributed by atoms with Crippen molar-refractivity contribution in [1.82, 2.24) is 9.80 Å². The molecule has 3 rings (SSSR count). The molecule has 0 bridgehead atoms. The van der Waals surface area contributed by atoms with Crippen molar-refractivity contribution in [2.45, 2.75) is 32.7 Å². The Morgan fingerprint density at radius 2 is 1.80 bits per heavy atom. The number of piperazine rings is 1. The highest BCUT2D eigenvalue weighted by molar-refractivity contribution is 5.90. The minimum absolute atomic E-state index is 0.00832. The summed E-state index contributed by atoms with van der Waals surface area (Å²) in [7, 11) is 0. The number of urea groups is 1. The molecule has 0 spiro atoms. The first-order chi connectivity index (χ1) is 11.9. The van der Waals surface area contributed by atoms with Crippen LogP contribution in [-0.4, -0.2) is 42.0 Å². The minimum atomic E-state index is -0.0191. The van der Waals surface area contributed by atoms with E-state index in [-0.39, 0.29) is 11.4 Å². The number of hydrogen-bond donors (Lipinski definition) is 1. The van der Waals surface area contributed by atoms with Crippen LogP contribution in [0.3, 0.4) is 0 Å². The summed E-state index contributed by atoms with van der Waals surface area (Å²) in [5.41, 5.74) is 2.05. The van der Waals surface area contributed by atoms with Gasteiger partial charge in [0.25, 0.3) is 0 Å². The molecule has 2 amide bonds. The number of carbonyl (C=O) groups is 1. The average molecular weight is 341 g/mol. The Labute approximate surface area is 149 Å². The zero-order valence-electron chi connectivity index (χ0n) is 15.3. The second kappa shape index (κ2) is 7.31. The normalized spacial score (nSPS) is 16.0. The highest BCUT2D eigenvalue weighted by atomic mass is 16.3. The molecule has 0 aliphatic carbocycles. The molecule has 1 aromatic heterocycles. The van der Waals surface area contributed by atoms with Crippen LogP contribution < -0.4 is 5.32 Å². The topological polar surface area (TPSA) is 48.7 Å². The van der Waals surface area contributed by atoms with E-state index in [4.69, 9.17) is 4.42 Å². The SMILES string of the molecule is CC(C)(C)c1ccccc1NC(=O)N1CCN(Cc2ccco2)CC1. The van der Waals surface area contributed by atoms with E-state index in [2.05, 4.69) is 37.1 Å². The quantitative estimate of drug-likeness (QED) is 0.920. The molecule has 0 atom stereocenters. The van der Waals surface area contributed by atoms with Gasteiger partial charge in [0.15, 0.2) is 0 Å². The summed E-state index contributed by atoms with van der Waals surface area (Å²) in [5.74, 6) is 0.969. The number of para-hydroxylation sites is 1. The maximum Gasteiger partial charge on any atom is 0.321 e. The smallest absolute Gasteiger partial charge is 0.321 e. The van der Waals surface area contributed by atoms with Crippen LogP contribution in [0.1, 0.15) is 32.1 Å². The lowest BCUT2D eigenvalue weighted by Gasteiger charge is -2.34. The first-order valence-corrected chi connectivity index (χ1v) is 8.83. The van der Waals surface area contributed by atoms with E-state index in [1.807, 2.05) is 35.2 Å². The Kier molecular flexibility index (Phi) is 5.13. The molecule has 2 aromatic rings. The molecule has 25 heavy (non-hydrogen) atoms. The van der Waals surface area contributed by atoms with Crippen LogP contribution in [0, 0.1) is 0 Å². The third-order valence-electron chi connectivity index (χ3n) is 4.60. The molecule has 1 N–H and O–H groups in total. The maximum atomic E-state index is 12.6. The zero-order chi connectivity index (χ0) is 17.9. The average Bonchev–Trinajstić information content (AvgIpc) is 3.08. The predicted molar refractivity (Wildman–Crippen MR) is 99.7 cm³/mol. The predicted octanol–water partition coefficient (Wildman–Crippen LogP) is 3.93. The van der Waals surface area contributed by atoms with E-state index in [0.717, 1.165) is 49.7 Å². The van der Waals surface area contributed by atoms with Crippen molar-refractivity contribution in [3.63, 3.8) is 0 Å². The van der Waals surface area contributed by atoms with Crippen LogP contribution in [0.25, 0.3) is 0 Å². The lowest BCUT2D eigenvalue weighted by Crippen LogP contribution is -2.49. The number of rotatable bonds is 3. The van der Waals surface area contributed by atoms with Gasteiger partial charge in [0, 0.05) is 31.9 Å². The van der Waals surface area contributed by atoms with Gasteiger partial charge in [-0.25, -0.2) is 4.79 Å². The zero-order valence-corrected chi connectivity index (χ0v) is 15.3. The molecule has 1 aliphatic heterocycles. The van der Waals surface area contributed by atoms with E-state index in [1.54, 1.807) is 6.26 Å². The molecule has 0 unspecified atom stereocenters. The lowest BCUT2D eigenvalue weighted by atomic mass is 9.86. The van der Waals surface area contributed by atoms with E-state index >= 15 is 0 Å². The molecule has 0 radical (unpaired) electrons. The van der Waals surface area contributed by atoms with Crippen LogP contribution in [0.4, 0.5) is 10.5 Å². The molecule has 1 saturated heterocycles. The van der Waals surface area contributed by atoms with Crippen molar-refractivity contribution in [3.8, 4) is 0 Å². The molecule has 5 heteroatoms. The van der Waals surface area contributed by atoms with Crippen molar-refractivity contribution < 1.29 is 9.21 Å². The number of nitrogens with zero attached hydrogens (tertiary/aromatic N) is 2. The standard InChI is InChI=1S/C20H27N3O2/c1-20(2,3)17-8-4-5-9-18(17)21-19(24)23-12-10-22(11-13-23)15-16-7-6-14-25-16/h4-9,14H,10-13,15H2,1-3H3,(H,21,24). The lowest BCUT2D eigenvalue weighted by molar-refractivity contribution is 0.137. The minimum Gasteiger partial charge on any atom is -0.468 e. The Bertz CT molecular complexity index is 696. The fourth-order valence-corrected chi connectivity index (χ4v) is 3.17. The molecule has 5 nitrogen and oxygen atoms in total. The second-order valence-corrected chi connectivity index (χ2v) is 7.57. The van der Waals surface area contributed by atoms with Crippen molar-refractivity contribution in [1.29, 1.82) is 0 Å². The van der Waals surface area contributed by atoms with Gasteiger partial charge in [0.1, 0.15) is 5.76 Å². The van der Waals surface area contributed by atoms with Crippen LogP contribution in [0.2, 0.25) is 0 Å². The van der Waals surface area contributed by atoms with E-state index < -0.39 is 0 Å². The van der Waals surface area contributed by atoms with Gasteiger partial charge >= 0.3 is 6.03 Å². The summed E-state index contributed by atoms with van der Waals surface area (Å²) in [6, 6.07) is 11.9. The highest BCUT2D eigenvalue weighted by Crippen LogP contribution is 2.29. The number of anilines is 1. The number of hydrogen-bond acceptors (Lipinski definition) is 3. The Balaban J connectivity index is 1.57. The van der Waals surface area contributed by atoms with Crippen LogP contribution in [0.15, 0.2) is 47.1 Å². The van der Waals surface area contributed by atoms with Crippen LogP contribution >= 0.6 is 0 Å². The van der Waals surface area contributed by atoms with Gasteiger partial charge in [-0.2, -0.15) is 0 Å². The molecule has 2 heterocycles. The van der Waals surface area contributed by atoms with Crippen LogP contribution in [0.5, 0.6) is 0 Å². The first-order valence-electron chi connectivity index (χ1n) is 8.83. The van der Waals surface area contributed by atoms with Gasteiger partial charge in [-0.15, -0.1) is 0 Å².